The van der Waals surface area contributed by atoms with Crippen LogP contribution in [0.2, 0.25) is 0 Å². The minimum atomic E-state index is -3.71. The van der Waals surface area contributed by atoms with Gasteiger partial charge >= 0.3 is 0 Å². The number of hydrogen-bond donors (Lipinski definition) is 1. The lowest BCUT2D eigenvalue weighted by Crippen LogP contribution is -2.48. The van der Waals surface area contributed by atoms with E-state index in [-0.39, 0.29) is 5.82 Å². The summed E-state index contributed by atoms with van der Waals surface area (Å²) in [4.78, 5) is 12.7. The first-order chi connectivity index (χ1) is 13.1. The lowest BCUT2D eigenvalue weighted by atomic mass is 10.1. The molecule has 0 saturated carbocycles. The van der Waals surface area contributed by atoms with E-state index in [9.17, 15) is 17.6 Å². The summed E-state index contributed by atoms with van der Waals surface area (Å²) in [5.41, 5.74) is 1.08. The van der Waals surface area contributed by atoms with E-state index in [4.69, 9.17) is 4.74 Å². The molecule has 0 saturated heterocycles. The zero-order chi connectivity index (χ0) is 20.9. The Bertz CT molecular complexity index is 899. The van der Waals surface area contributed by atoms with Crippen LogP contribution in [-0.2, 0) is 14.8 Å². The number of carbonyl (C=O) groups is 1. The second-order valence-corrected chi connectivity index (χ2v) is 8.30. The van der Waals surface area contributed by atoms with Gasteiger partial charge in [-0.3, -0.25) is 9.10 Å². The first-order valence-electron chi connectivity index (χ1n) is 8.91. The first-order valence-corrected chi connectivity index (χ1v) is 10.8. The molecular weight excluding hydrogens is 383 g/mol. The van der Waals surface area contributed by atoms with Crippen LogP contribution in [0.15, 0.2) is 48.5 Å². The fourth-order valence-corrected chi connectivity index (χ4v) is 4.01. The van der Waals surface area contributed by atoms with E-state index < -0.39 is 28.0 Å². The lowest BCUT2D eigenvalue weighted by molar-refractivity contribution is -0.122. The molecule has 0 aliphatic heterocycles. The van der Waals surface area contributed by atoms with E-state index in [1.807, 2.05) is 6.92 Å². The fraction of sp³-hybridized carbons (Fsp3) is 0.350. The van der Waals surface area contributed by atoms with Crippen molar-refractivity contribution in [2.75, 3.05) is 17.2 Å². The Morgan fingerprint density at radius 3 is 2.18 bits per heavy atom. The van der Waals surface area contributed by atoms with Crippen LogP contribution in [0.25, 0.3) is 0 Å². The number of amides is 1. The molecule has 6 nitrogen and oxygen atoms in total. The van der Waals surface area contributed by atoms with Gasteiger partial charge in [0.25, 0.3) is 0 Å². The fourth-order valence-electron chi connectivity index (χ4n) is 2.83. The predicted octanol–water partition coefficient (Wildman–Crippen LogP) is 3.26. The molecule has 8 heteroatoms. The summed E-state index contributed by atoms with van der Waals surface area (Å²) in [7, 11) is -3.71. The predicted molar refractivity (Wildman–Crippen MR) is 107 cm³/mol. The largest absolute Gasteiger partial charge is 0.494 e. The number of nitrogens with one attached hydrogen (secondary N) is 1. The summed E-state index contributed by atoms with van der Waals surface area (Å²) < 4.78 is 44.2. The summed E-state index contributed by atoms with van der Waals surface area (Å²) in [6.07, 6.45) is 1.05. The second kappa shape index (κ2) is 9.05. The molecule has 0 aromatic heterocycles. The van der Waals surface area contributed by atoms with E-state index in [0.29, 0.717) is 23.6 Å². The minimum Gasteiger partial charge on any atom is -0.494 e. The second-order valence-electron chi connectivity index (χ2n) is 6.44. The number of halogens is 1. The van der Waals surface area contributed by atoms with Gasteiger partial charge in [0, 0.05) is 0 Å². The van der Waals surface area contributed by atoms with Gasteiger partial charge < -0.3 is 10.1 Å². The zero-order valence-corrected chi connectivity index (χ0v) is 17.2. The van der Waals surface area contributed by atoms with Crippen molar-refractivity contribution < 1.29 is 22.3 Å². The molecule has 0 aliphatic carbocycles. The van der Waals surface area contributed by atoms with Crippen LogP contribution in [0.3, 0.4) is 0 Å². The minimum absolute atomic E-state index is 0.364. The molecule has 0 spiro atoms. The number of carbonyl (C=O) groups excluding carboxylic acids is 1. The van der Waals surface area contributed by atoms with Crippen LogP contribution in [0.4, 0.5) is 10.1 Å². The molecule has 0 heterocycles. The maximum atomic E-state index is 13.1. The average molecular weight is 408 g/mol. The van der Waals surface area contributed by atoms with E-state index in [1.165, 1.54) is 19.1 Å². The first kappa shape index (κ1) is 21.7. The van der Waals surface area contributed by atoms with E-state index in [2.05, 4.69) is 5.32 Å². The summed E-state index contributed by atoms with van der Waals surface area (Å²) in [6.45, 7) is 5.62. The Kier molecular flexibility index (Phi) is 7.01. The van der Waals surface area contributed by atoms with Gasteiger partial charge in [0.15, 0.2) is 0 Å². The zero-order valence-electron chi connectivity index (χ0n) is 16.3. The van der Waals surface area contributed by atoms with Crippen LogP contribution in [0, 0.1) is 5.82 Å². The smallest absolute Gasteiger partial charge is 0.244 e. The molecule has 2 aromatic rings. The van der Waals surface area contributed by atoms with E-state index in [1.54, 1.807) is 43.3 Å². The van der Waals surface area contributed by atoms with Crippen LogP contribution >= 0.6 is 0 Å². The molecule has 2 aromatic carbocycles. The Balaban J connectivity index is 2.21. The molecular formula is C20H25FN2O4S. The number of hydrogen-bond acceptors (Lipinski definition) is 4. The van der Waals surface area contributed by atoms with E-state index >= 15 is 0 Å². The standard InChI is InChI=1S/C20H25FN2O4S/c1-5-27-19-12-10-18(11-13-19)23(28(4,25)26)15(3)20(24)22-14(2)16-6-8-17(21)9-7-16/h6-15H,5H2,1-4H3,(H,22,24)/t14-,15-/m0/s1. The Morgan fingerprint density at radius 2 is 1.68 bits per heavy atom. The van der Waals surface area contributed by atoms with Crippen LogP contribution in [0.1, 0.15) is 32.4 Å². The maximum absolute atomic E-state index is 13.1. The third-order valence-electron chi connectivity index (χ3n) is 4.22. The lowest BCUT2D eigenvalue weighted by Gasteiger charge is -2.29. The molecule has 152 valence electrons. The van der Waals surface area contributed by atoms with Crippen molar-refractivity contribution in [2.24, 2.45) is 0 Å². The van der Waals surface area contributed by atoms with Gasteiger partial charge in [-0.15, -0.1) is 0 Å². The topological polar surface area (TPSA) is 75.7 Å². The third kappa shape index (κ3) is 5.45. The Morgan fingerprint density at radius 1 is 1.11 bits per heavy atom. The average Bonchev–Trinajstić information content (AvgIpc) is 2.62. The normalized spacial score (nSPS) is 13.5. The molecule has 1 amide bonds. The van der Waals surface area contributed by atoms with Gasteiger partial charge in [0.05, 0.1) is 24.6 Å². The van der Waals surface area contributed by atoms with Crippen molar-refractivity contribution in [2.45, 2.75) is 32.9 Å². The third-order valence-corrected chi connectivity index (χ3v) is 5.46. The van der Waals surface area contributed by atoms with Crippen LogP contribution < -0.4 is 14.4 Å². The number of rotatable bonds is 8. The van der Waals surface area contributed by atoms with Gasteiger partial charge in [-0.25, -0.2) is 12.8 Å². The Hall–Kier alpha value is -2.61. The molecule has 0 radical (unpaired) electrons. The number of benzene rings is 2. The summed E-state index contributed by atoms with van der Waals surface area (Å²) in [5.74, 6) is -0.215. The monoisotopic (exact) mass is 408 g/mol. The highest BCUT2D eigenvalue weighted by molar-refractivity contribution is 7.92. The van der Waals surface area contributed by atoms with Crippen molar-refractivity contribution in [3.8, 4) is 5.75 Å². The molecule has 0 bridgehead atoms. The highest BCUT2D eigenvalue weighted by Gasteiger charge is 2.29. The summed E-state index contributed by atoms with van der Waals surface area (Å²) in [6, 6.07) is 10.9. The molecule has 28 heavy (non-hydrogen) atoms. The van der Waals surface area contributed by atoms with Crippen molar-refractivity contribution in [1.82, 2.24) is 5.32 Å². The molecule has 0 fully saturated rings. The van der Waals surface area contributed by atoms with Crippen molar-refractivity contribution in [1.29, 1.82) is 0 Å². The molecule has 0 unspecified atom stereocenters. The molecule has 2 atom stereocenters. The maximum Gasteiger partial charge on any atom is 0.244 e. The van der Waals surface area contributed by atoms with Gasteiger partial charge in [-0.2, -0.15) is 0 Å². The highest BCUT2D eigenvalue weighted by atomic mass is 32.2. The number of anilines is 1. The van der Waals surface area contributed by atoms with Crippen LogP contribution in [0.5, 0.6) is 5.75 Å². The van der Waals surface area contributed by atoms with Gasteiger partial charge in [-0.05, 0) is 62.7 Å². The Labute approximate surface area is 165 Å². The van der Waals surface area contributed by atoms with Gasteiger partial charge in [0.1, 0.15) is 17.6 Å². The quantitative estimate of drug-likeness (QED) is 0.728. The SMILES string of the molecule is CCOc1ccc(N([C@@H](C)C(=O)N[C@@H](C)c2ccc(F)cc2)S(C)(=O)=O)cc1. The molecule has 1 N–H and O–H groups in total. The highest BCUT2D eigenvalue weighted by Crippen LogP contribution is 2.24. The number of sulfonamides is 1. The summed E-state index contributed by atoms with van der Waals surface area (Å²) >= 11 is 0. The van der Waals surface area contributed by atoms with Crippen molar-refractivity contribution >= 4 is 21.6 Å². The molecule has 0 aliphatic rings. The molecule has 2 rings (SSSR count). The van der Waals surface area contributed by atoms with Crippen molar-refractivity contribution in [3.63, 3.8) is 0 Å². The van der Waals surface area contributed by atoms with Gasteiger partial charge in [-0.1, -0.05) is 12.1 Å². The van der Waals surface area contributed by atoms with E-state index in [0.717, 1.165) is 10.6 Å². The number of ether oxygens (including phenoxy) is 1. The van der Waals surface area contributed by atoms with Crippen LogP contribution in [-0.4, -0.2) is 33.2 Å². The van der Waals surface area contributed by atoms with Gasteiger partial charge in [0.2, 0.25) is 15.9 Å². The summed E-state index contributed by atoms with van der Waals surface area (Å²) in [5, 5.41) is 2.78. The number of nitrogens with zero attached hydrogens (tertiary/aromatic N) is 1. The van der Waals surface area contributed by atoms with Crippen molar-refractivity contribution in [3.05, 3.63) is 59.9 Å².